The maximum atomic E-state index is 13.1. The summed E-state index contributed by atoms with van der Waals surface area (Å²) in [4.78, 5) is 0. The lowest BCUT2D eigenvalue weighted by Gasteiger charge is -2.22. The molecule has 0 bridgehead atoms. The lowest BCUT2D eigenvalue weighted by molar-refractivity contribution is 0.627. The zero-order valence-electron chi connectivity index (χ0n) is 12.1. The molecular formula is C18H11FN4. The van der Waals surface area contributed by atoms with Crippen LogP contribution in [0.25, 0.3) is 5.70 Å². The van der Waals surface area contributed by atoms with Gasteiger partial charge in [-0.25, -0.2) is 4.39 Å². The minimum atomic E-state index is -0.341. The minimum Gasteiger partial charge on any atom is -0.352 e. The van der Waals surface area contributed by atoms with E-state index in [9.17, 15) is 9.65 Å². The van der Waals surface area contributed by atoms with Crippen LogP contribution in [-0.4, -0.2) is 0 Å². The second-order valence-corrected chi connectivity index (χ2v) is 5.38. The molecule has 5 heteroatoms. The average Bonchev–Trinajstić information content (AvgIpc) is 3.41. The molecule has 1 aromatic carbocycles. The van der Waals surface area contributed by atoms with Crippen molar-refractivity contribution in [3.8, 4) is 18.2 Å². The molecule has 0 radical (unpaired) electrons. The Bertz CT molecular complexity index is 863. The fraction of sp³-hybridized carbons (Fsp3) is 0.167. The number of hydrogen-bond donors (Lipinski definition) is 1. The van der Waals surface area contributed by atoms with Gasteiger partial charge in [-0.3, -0.25) is 0 Å². The molecule has 1 heterocycles. The van der Waals surface area contributed by atoms with E-state index in [1.807, 2.05) is 18.2 Å². The van der Waals surface area contributed by atoms with Gasteiger partial charge >= 0.3 is 0 Å². The van der Waals surface area contributed by atoms with Crippen molar-refractivity contribution >= 4 is 5.70 Å². The van der Waals surface area contributed by atoms with Gasteiger partial charge in [0.15, 0.2) is 5.57 Å². The first kappa shape index (κ1) is 14.6. The predicted molar refractivity (Wildman–Crippen MR) is 81.1 cm³/mol. The van der Waals surface area contributed by atoms with Crippen LogP contribution in [0.4, 0.5) is 4.39 Å². The zero-order valence-corrected chi connectivity index (χ0v) is 12.1. The van der Waals surface area contributed by atoms with Crippen LogP contribution in [-0.2, 0) is 0 Å². The van der Waals surface area contributed by atoms with E-state index >= 15 is 0 Å². The summed E-state index contributed by atoms with van der Waals surface area (Å²) >= 11 is 0. The second-order valence-electron chi connectivity index (χ2n) is 5.38. The van der Waals surface area contributed by atoms with E-state index in [2.05, 4.69) is 11.4 Å². The Morgan fingerprint density at radius 3 is 2.26 bits per heavy atom. The van der Waals surface area contributed by atoms with Gasteiger partial charge in [-0.15, -0.1) is 0 Å². The van der Waals surface area contributed by atoms with Gasteiger partial charge in [0.2, 0.25) is 0 Å². The minimum absolute atomic E-state index is 0.132. The normalized spacial score (nSPS) is 16.6. The fourth-order valence-electron chi connectivity index (χ4n) is 2.55. The van der Waals surface area contributed by atoms with Crippen LogP contribution in [0.3, 0.4) is 0 Å². The Morgan fingerprint density at radius 2 is 1.74 bits per heavy atom. The van der Waals surface area contributed by atoms with Crippen LogP contribution in [0.15, 0.2) is 52.8 Å². The largest absolute Gasteiger partial charge is 0.352 e. The Kier molecular flexibility index (Phi) is 3.67. The number of hydrogen-bond acceptors (Lipinski definition) is 4. The topological polar surface area (TPSA) is 83.4 Å². The molecule has 4 nitrogen and oxygen atoms in total. The van der Waals surface area contributed by atoms with Crippen LogP contribution in [0.2, 0.25) is 0 Å². The van der Waals surface area contributed by atoms with Crippen molar-refractivity contribution in [1.29, 1.82) is 15.8 Å². The molecule has 0 unspecified atom stereocenters. The molecule has 1 N–H and O–H groups in total. The third-order valence-electron chi connectivity index (χ3n) is 3.86. The van der Waals surface area contributed by atoms with E-state index in [1.54, 1.807) is 12.1 Å². The Morgan fingerprint density at radius 1 is 1.09 bits per heavy atom. The molecule has 23 heavy (non-hydrogen) atoms. The molecule has 0 saturated heterocycles. The van der Waals surface area contributed by atoms with E-state index in [1.165, 1.54) is 12.1 Å². The van der Waals surface area contributed by atoms with Gasteiger partial charge in [0.25, 0.3) is 0 Å². The van der Waals surface area contributed by atoms with Gasteiger partial charge in [-0.1, -0.05) is 0 Å². The summed E-state index contributed by atoms with van der Waals surface area (Å²) in [5.41, 5.74) is 2.67. The molecule has 0 spiro atoms. The van der Waals surface area contributed by atoms with Crippen molar-refractivity contribution in [2.24, 2.45) is 5.92 Å². The van der Waals surface area contributed by atoms with Gasteiger partial charge in [-0.2, -0.15) is 15.8 Å². The van der Waals surface area contributed by atoms with E-state index in [0.717, 1.165) is 24.0 Å². The van der Waals surface area contributed by atoms with Crippen LogP contribution in [0, 0.1) is 45.7 Å². The van der Waals surface area contributed by atoms with Gasteiger partial charge in [0.05, 0.1) is 11.3 Å². The predicted octanol–water partition coefficient (Wildman–Crippen LogP) is 3.30. The number of allylic oxidation sites excluding steroid dienone is 4. The first-order valence-electron chi connectivity index (χ1n) is 7.11. The van der Waals surface area contributed by atoms with E-state index < -0.39 is 0 Å². The van der Waals surface area contributed by atoms with Crippen molar-refractivity contribution in [1.82, 2.24) is 5.32 Å². The fourth-order valence-corrected chi connectivity index (χ4v) is 2.55. The van der Waals surface area contributed by atoms with Crippen LogP contribution in [0.1, 0.15) is 18.4 Å². The lowest BCUT2D eigenvalue weighted by Crippen LogP contribution is -2.21. The summed E-state index contributed by atoms with van der Waals surface area (Å²) in [5, 5.41) is 30.8. The number of benzene rings is 1. The van der Waals surface area contributed by atoms with Crippen molar-refractivity contribution in [3.05, 3.63) is 64.1 Å². The van der Waals surface area contributed by atoms with Gasteiger partial charge in [-0.05, 0) is 60.2 Å². The number of nitriles is 3. The summed E-state index contributed by atoms with van der Waals surface area (Å²) in [6, 6.07) is 11.7. The number of halogens is 1. The number of nitrogens with one attached hydrogen (secondary N) is 1. The standard InChI is InChI=1S/C18H11FN4/c19-14-5-3-12(4-6-14)17-7-15(11-1-2-11)16(10-22)18(23-17)13(8-20)9-21/h3-7,11,23H,1-2H2. The van der Waals surface area contributed by atoms with Crippen molar-refractivity contribution in [2.75, 3.05) is 0 Å². The second kappa shape index (κ2) is 5.79. The Labute approximate surface area is 133 Å². The number of nitrogens with zero attached hydrogens (tertiary/aromatic N) is 3. The highest BCUT2D eigenvalue weighted by Gasteiger charge is 2.32. The molecule has 1 fully saturated rings. The molecule has 3 rings (SSSR count). The maximum Gasteiger partial charge on any atom is 0.154 e. The highest BCUT2D eigenvalue weighted by molar-refractivity contribution is 5.76. The summed E-state index contributed by atoms with van der Waals surface area (Å²) in [7, 11) is 0. The molecule has 0 amide bonds. The van der Waals surface area contributed by atoms with Crippen LogP contribution in [0.5, 0.6) is 0 Å². The zero-order chi connectivity index (χ0) is 16.4. The SMILES string of the molecule is N#CC(C#N)=C1NC(c2ccc(F)cc2)=CC(C2CC2)=C1C#N. The average molecular weight is 302 g/mol. The first-order valence-corrected chi connectivity index (χ1v) is 7.11. The molecule has 110 valence electrons. The quantitative estimate of drug-likeness (QED) is 0.850. The van der Waals surface area contributed by atoms with E-state index in [4.69, 9.17) is 10.5 Å². The monoisotopic (exact) mass is 302 g/mol. The molecule has 1 saturated carbocycles. The van der Waals surface area contributed by atoms with Crippen molar-refractivity contribution in [3.63, 3.8) is 0 Å². The molecule has 1 aliphatic carbocycles. The number of rotatable bonds is 2. The molecule has 1 aliphatic heterocycles. The van der Waals surface area contributed by atoms with Crippen molar-refractivity contribution in [2.45, 2.75) is 12.8 Å². The van der Waals surface area contributed by atoms with Gasteiger partial charge in [0.1, 0.15) is 24.0 Å². The molecule has 0 atom stereocenters. The third-order valence-corrected chi connectivity index (χ3v) is 3.86. The Balaban J connectivity index is 2.18. The van der Waals surface area contributed by atoms with Crippen LogP contribution >= 0.6 is 0 Å². The van der Waals surface area contributed by atoms with Gasteiger partial charge < -0.3 is 5.32 Å². The number of dihydropyridines is 1. The summed E-state index contributed by atoms with van der Waals surface area (Å²) in [6.45, 7) is 0. The Hall–Kier alpha value is -3.36. The summed E-state index contributed by atoms with van der Waals surface area (Å²) < 4.78 is 13.1. The lowest BCUT2D eigenvalue weighted by atomic mass is 9.93. The first-order chi connectivity index (χ1) is 11.2. The summed E-state index contributed by atoms with van der Waals surface area (Å²) in [6.07, 6.45) is 3.82. The summed E-state index contributed by atoms with van der Waals surface area (Å²) in [5.74, 6) is -0.0674. The molecule has 1 aromatic rings. The maximum absolute atomic E-state index is 13.1. The molecule has 2 aliphatic rings. The third kappa shape index (κ3) is 2.71. The smallest absolute Gasteiger partial charge is 0.154 e. The highest BCUT2D eigenvalue weighted by atomic mass is 19.1. The van der Waals surface area contributed by atoms with Crippen LogP contribution < -0.4 is 5.32 Å². The molecular weight excluding hydrogens is 291 g/mol. The van der Waals surface area contributed by atoms with Gasteiger partial charge in [0, 0.05) is 5.70 Å². The van der Waals surface area contributed by atoms with E-state index in [0.29, 0.717) is 11.3 Å². The highest BCUT2D eigenvalue weighted by Crippen LogP contribution is 2.43. The van der Waals surface area contributed by atoms with Crippen molar-refractivity contribution < 1.29 is 4.39 Å². The van der Waals surface area contributed by atoms with E-state index in [-0.39, 0.29) is 23.0 Å². The molecule has 0 aromatic heterocycles.